The molecule has 5 heteroatoms. The molecule has 18 heavy (non-hydrogen) atoms. The van der Waals surface area contributed by atoms with E-state index in [9.17, 15) is 0 Å². The van der Waals surface area contributed by atoms with E-state index in [1.807, 2.05) is 13.0 Å². The molecule has 5 nitrogen and oxygen atoms in total. The molecule has 0 aliphatic carbocycles. The summed E-state index contributed by atoms with van der Waals surface area (Å²) in [6, 6.07) is 1.87. The van der Waals surface area contributed by atoms with Gasteiger partial charge < -0.3 is 15.0 Å². The molecule has 0 bridgehead atoms. The average molecular weight is 248 g/mol. The maximum atomic E-state index is 5.22. The molecule has 0 amide bonds. The van der Waals surface area contributed by atoms with Gasteiger partial charge in [0.2, 0.25) is 11.8 Å². The van der Waals surface area contributed by atoms with E-state index in [-0.39, 0.29) is 0 Å². The van der Waals surface area contributed by atoms with Crippen LogP contribution < -0.4 is 15.0 Å². The van der Waals surface area contributed by atoms with E-state index in [2.05, 4.69) is 20.2 Å². The Morgan fingerprint density at radius 3 is 3.00 bits per heavy atom. The van der Waals surface area contributed by atoms with Crippen LogP contribution in [0.5, 0.6) is 5.88 Å². The molecular weight excluding hydrogens is 228 g/mol. The summed E-state index contributed by atoms with van der Waals surface area (Å²) >= 11 is 0. The van der Waals surface area contributed by atoms with Gasteiger partial charge in [0.25, 0.3) is 0 Å². The minimum absolute atomic E-state index is 0.445. The van der Waals surface area contributed by atoms with Crippen LogP contribution in [0.2, 0.25) is 0 Å². The average Bonchev–Trinajstić information content (AvgIpc) is 3.00. The molecule has 0 radical (unpaired) electrons. The summed E-state index contributed by atoms with van der Waals surface area (Å²) in [5.74, 6) is 1.47. The van der Waals surface area contributed by atoms with Crippen LogP contribution in [0, 0.1) is 12.3 Å². The number of nitrogens with zero attached hydrogens (tertiary/aromatic N) is 3. The van der Waals surface area contributed by atoms with Crippen molar-refractivity contribution >= 4 is 5.95 Å². The summed E-state index contributed by atoms with van der Waals surface area (Å²) in [5, 5.41) is 3.47. The van der Waals surface area contributed by atoms with Crippen LogP contribution in [0.3, 0.4) is 0 Å². The topological polar surface area (TPSA) is 50.3 Å². The molecule has 1 N–H and O–H groups in total. The SMILES string of the molecule is COc1cc(C)nc(N2CCC3(CCNC3)C2)n1. The third kappa shape index (κ3) is 2.03. The van der Waals surface area contributed by atoms with Crippen LogP contribution in [-0.2, 0) is 0 Å². The maximum Gasteiger partial charge on any atom is 0.228 e. The molecule has 1 atom stereocenters. The van der Waals surface area contributed by atoms with Gasteiger partial charge in [0.1, 0.15) is 0 Å². The van der Waals surface area contributed by atoms with Gasteiger partial charge in [-0.05, 0) is 26.3 Å². The summed E-state index contributed by atoms with van der Waals surface area (Å²) < 4.78 is 5.22. The fraction of sp³-hybridized carbons (Fsp3) is 0.692. The second-order valence-electron chi connectivity index (χ2n) is 5.45. The molecule has 2 fully saturated rings. The molecule has 0 aromatic carbocycles. The summed E-state index contributed by atoms with van der Waals surface area (Å²) in [6.07, 6.45) is 2.51. The fourth-order valence-electron chi connectivity index (χ4n) is 3.02. The van der Waals surface area contributed by atoms with Gasteiger partial charge in [-0.15, -0.1) is 0 Å². The number of aryl methyl sites for hydroxylation is 1. The van der Waals surface area contributed by atoms with Crippen molar-refractivity contribution in [1.82, 2.24) is 15.3 Å². The van der Waals surface area contributed by atoms with Crippen LogP contribution in [0.15, 0.2) is 6.07 Å². The number of aromatic nitrogens is 2. The maximum absolute atomic E-state index is 5.22. The predicted octanol–water partition coefficient (Wildman–Crippen LogP) is 0.983. The number of ether oxygens (including phenoxy) is 1. The standard InChI is InChI=1S/C13H20N4O/c1-10-7-11(18-2)16-12(15-10)17-6-4-13(9-17)3-5-14-8-13/h7,14H,3-6,8-9H2,1-2H3. The number of anilines is 1. The molecule has 3 rings (SSSR count). The molecule has 3 heterocycles. The summed E-state index contributed by atoms with van der Waals surface area (Å²) in [7, 11) is 1.65. The third-order valence-electron chi connectivity index (χ3n) is 4.08. The summed E-state index contributed by atoms with van der Waals surface area (Å²) in [5.41, 5.74) is 1.41. The first kappa shape index (κ1) is 11.7. The van der Waals surface area contributed by atoms with Gasteiger partial charge in [-0.2, -0.15) is 4.98 Å². The normalized spacial score (nSPS) is 27.1. The number of nitrogens with one attached hydrogen (secondary N) is 1. The largest absolute Gasteiger partial charge is 0.481 e. The van der Waals surface area contributed by atoms with Crippen molar-refractivity contribution in [3.8, 4) is 5.88 Å². The second kappa shape index (κ2) is 4.39. The first-order valence-corrected chi connectivity index (χ1v) is 6.56. The molecule has 1 aromatic rings. The molecule has 1 aromatic heterocycles. The van der Waals surface area contributed by atoms with Crippen LogP contribution in [-0.4, -0.2) is 43.3 Å². The Hall–Kier alpha value is -1.36. The van der Waals surface area contributed by atoms with Crippen molar-refractivity contribution in [2.45, 2.75) is 19.8 Å². The lowest BCUT2D eigenvalue weighted by Crippen LogP contribution is -2.30. The highest BCUT2D eigenvalue weighted by molar-refractivity contribution is 5.36. The number of hydrogen-bond donors (Lipinski definition) is 1. The molecule has 1 spiro atoms. The van der Waals surface area contributed by atoms with Crippen molar-refractivity contribution in [2.75, 3.05) is 38.2 Å². The van der Waals surface area contributed by atoms with E-state index in [1.165, 1.54) is 12.8 Å². The van der Waals surface area contributed by atoms with Gasteiger partial charge in [-0.3, -0.25) is 0 Å². The molecule has 2 aliphatic heterocycles. The van der Waals surface area contributed by atoms with Crippen molar-refractivity contribution in [1.29, 1.82) is 0 Å². The summed E-state index contributed by atoms with van der Waals surface area (Å²) in [6.45, 7) is 6.37. The van der Waals surface area contributed by atoms with Crippen LogP contribution >= 0.6 is 0 Å². The van der Waals surface area contributed by atoms with Crippen molar-refractivity contribution in [3.63, 3.8) is 0 Å². The molecule has 98 valence electrons. The lowest BCUT2D eigenvalue weighted by Gasteiger charge is -2.23. The Labute approximate surface area is 108 Å². The Bertz CT molecular complexity index is 443. The van der Waals surface area contributed by atoms with E-state index in [0.717, 1.165) is 37.8 Å². The third-order valence-corrected chi connectivity index (χ3v) is 4.08. The first-order valence-electron chi connectivity index (χ1n) is 6.56. The molecule has 2 saturated heterocycles. The van der Waals surface area contributed by atoms with Crippen LogP contribution in [0.4, 0.5) is 5.95 Å². The van der Waals surface area contributed by atoms with Gasteiger partial charge >= 0.3 is 0 Å². The van der Waals surface area contributed by atoms with E-state index in [1.54, 1.807) is 7.11 Å². The highest BCUT2D eigenvalue weighted by Crippen LogP contribution is 2.37. The summed E-state index contributed by atoms with van der Waals surface area (Å²) in [4.78, 5) is 11.3. The molecule has 2 aliphatic rings. The highest BCUT2D eigenvalue weighted by atomic mass is 16.5. The van der Waals surface area contributed by atoms with Crippen LogP contribution in [0.25, 0.3) is 0 Å². The quantitative estimate of drug-likeness (QED) is 0.845. The van der Waals surface area contributed by atoms with Crippen molar-refractivity contribution < 1.29 is 4.74 Å². The minimum atomic E-state index is 0.445. The van der Waals surface area contributed by atoms with Gasteiger partial charge in [-0.1, -0.05) is 0 Å². The Morgan fingerprint density at radius 2 is 2.28 bits per heavy atom. The van der Waals surface area contributed by atoms with E-state index in [0.29, 0.717) is 11.3 Å². The Kier molecular flexibility index (Phi) is 2.86. The lowest BCUT2D eigenvalue weighted by atomic mass is 9.87. The van der Waals surface area contributed by atoms with Gasteiger partial charge in [-0.25, -0.2) is 4.98 Å². The van der Waals surface area contributed by atoms with Crippen molar-refractivity contribution in [2.24, 2.45) is 5.41 Å². The second-order valence-corrected chi connectivity index (χ2v) is 5.45. The number of hydrogen-bond acceptors (Lipinski definition) is 5. The van der Waals surface area contributed by atoms with Crippen molar-refractivity contribution in [3.05, 3.63) is 11.8 Å². The number of rotatable bonds is 2. The van der Waals surface area contributed by atoms with E-state index < -0.39 is 0 Å². The predicted molar refractivity (Wildman–Crippen MR) is 70.1 cm³/mol. The Balaban J connectivity index is 1.81. The zero-order chi connectivity index (χ0) is 12.6. The zero-order valence-corrected chi connectivity index (χ0v) is 11.1. The van der Waals surface area contributed by atoms with Gasteiger partial charge in [0, 0.05) is 36.8 Å². The zero-order valence-electron chi connectivity index (χ0n) is 11.1. The van der Waals surface area contributed by atoms with E-state index >= 15 is 0 Å². The monoisotopic (exact) mass is 248 g/mol. The number of methoxy groups -OCH3 is 1. The Morgan fingerprint density at radius 1 is 1.39 bits per heavy atom. The van der Waals surface area contributed by atoms with Gasteiger partial charge in [0.05, 0.1) is 7.11 Å². The highest BCUT2D eigenvalue weighted by Gasteiger charge is 2.41. The first-order chi connectivity index (χ1) is 8.71. The lowest BCUT2D eigenvalue weighted by molar-refractivity contribution is 0.368. The molecule has 0 saturated carbocycles. The fourth-order valence-corrected chi connectivity index (χ4v) is 3.02. The van der Waals surface area contributed by atoms with E-state index in [4.69, 9.17) is 4.74 Å². The molecule has 1 unspecified atom stereocenters. The van der Waals surface area contributed by atoms with Gasteiger partial charge in [0.15, 0.2) is 0 Å². The minimum Gasteiger partial charge on any atom is -0.481 e. The smallest absolute Gasteiger partial charge is 0.228 e. The van der Waals surface area contributed by atoms with Crippen LogP contribution in [0.1, 0.15) is 18.5 Å². The molecular formula is C13H20N4O.